The third kappa shape index (κ3) is 1.71. The van der Waals surface area contributed by atoms with Crippen LogP contribution >= 0.6 is 0 Å². The van der Waals surface area contributed by atoms with E-state index in [9.17, 15) is 0 Å². The van der Waals surface area contributed by atoms with Gasteiger partial charge in [0.2, 0.25) is 11.4 Å². The molecule has 0 fully saturated rings. The Bertz CT molecular complexity index is 836. The standard InChI is InChI=1S/C10H8N9/c1-3-4-5-13-8-15-6(11)16-10-18-7(12-2)17-9(14-5)19(8)10/h2-4H,1H3,(H2,11,13,14,15,16,17,18)/q+1/b4-3+. The van der Waals surface area contributed by atoms with Gasteiger partial charge in [0, 0.05) is 0 Å². The van der Waals surface area contributed by atoms with Crippen molar-refractivity contribution in [3.8, 4) is 6.57 Å². The summed E-state index contributed by atoms with van der Waals surface area (Å²) in [6.45, 7) is 7.05. The van der Waals surface area contributed by atoms with Crippen LogP contribution in [0.2, 0.25) is 0 Å². The highest BCUT2D eigenvalue weighted by atomic mass is 15.4. The molecule has 1 aliphatic rings. The summed E-state index contributed by atoms with van der Waals surface area (Å²) in [5.74, 6) is 1.49. The molecule has 0 saturated carbocycles. The SMILES string of the molecule is C#[N+]C1=Nc2nc(=N)nc3nc(/C=C/C)nc(n23)N1. The fraction of sp³-hybridized carbons (Fsp3) is 0.100. The average Bonchev–Trinajstić information content (AvgIpc) is 2.37. The van der Waals surface area contributed by atoms with Gasteiger partial charge in [-0.25, -0.2) is 0 Å². The molecule has 0 bridgehead atoms. The van der Waals surface area contributed by atoms with Crippen molar-refractivity contribution in [1.29, 1.82) is 5.41 Å². The Balaban J connectivity index is 2.41. The number of aliphatic imine (C=N–C) groups is 1. The molecule has 92 valence electrons. The predicted molar refractivity (Wildman–Crippen MR) is 68.2 cm³/mol. The van der Waals surface area contributed by atoms with Crippen molar-refractivity contribution in [1.82, 2.24) is 24.3 Å². The number of rotatable bonds is 1. The number of anilines is 1. The Hall–Kier alpha value is -3.15. The van der Waals surface area contributed by atoms with E-state index in [0.29, 0.717) is 11.8 Å². The zero-order valence-electron chi connectivity index (χ0n) is 9.86. The van der Waals surface area contributed by atoms with Crippen LogP contribution in [0, 0.1) is 12.0 Å². The molecule has 0 spiro atoms. The lowest BCUT2D eigenvalue weighted by Gasteiger charge is -2.08. The summed E-state index contributed by atoms with van der Waals surface area (Å²) in [6.07, 6.45) is 3.52. The summed E-state index contributed by atoms with van der Waals surface area (Å²) in [7, 11) is 0. The van der Waals surface area contributed by atoms with Gasteiger partial charge in [-0.1, -0.05) is 6.08 Å². The average molecular weight is 254 g/mol. The minimum Gasteiger partial charge on any atom is -0.265 e. The van der Waals surface area contributed by atoms with Crippen LogP contribution in [0.5, 0.6) is 0 Å². The number of hydrogen-bond donors (Lipinski definition) is 2. The zero-order chi connectivity index (χ0) is 13.4. The van der Waals surface area contributed by atoms with Crippen molar-refractivity contribution in [3.63, 3.8) is 0 Å². The van der Waals surface area contributed by atoms with E-state index in [0.717, 1.165) is 0 Å². The van der Waals surface area contributed by atoms with E-state index < -0.39 is 0 Å². The lowest BCUT2D eigenvalue weighted by molar-refractivity contribution is 0.856. The van der Waals surface area contributed by atoms with Crippen LogP contribution in [0.3, 0.4) is 0 Å². The summed E-state index contributed by atoms with van der Waals surface area (Å²) >= 11 is 0. The lowest BCUT2D eigenvalue weighted by atomic mass is 10.5. The fourth-order valence-electron chi connectivity index (χ4n) is 1.62. The molecule has 0 atom stereocenters. The Morgan fingerprint density at radius 2 is 2.16 bits per heavy atom. The molecule has 0 amide bonds. The van der Waals surface area contributed by atoms with E-state index in [1.807, 2.05) is 6.92 Å². The van der Waals surface area contributed by atoms with Gasteiger partial charge >= 0.3 is 11.9 Å². The van der Waals surface area contributed by atoms with Crippen molar-refractivity contribution in [2.45, 2.75) is 6.92 Å². The zero-order valence-corrected chi connectivity index (χ0v) is 9.86. The van der Waals surface area contributed by atoms with Crippen molar-refractivity contribution in [3.05, 3.63) is 22.4 Å². The van der Waals surface area contributed by atoms with Gasteiger partial charge in [0.1, 0.15) is 6.57 Å². The molecule has 0 unspecified atom stereocenters. The Kier molecular flexibility index (Phi) is 2.28. The number of hydrogen-bond acceptors (Lipinski definition) is 7. The monoisotopic (exact) mass is 254 g/mol. The molecule has 3 rings (SSSR count). The van der Waals surface area contributed by atoms with Crippen molar-refractivity contribution < 1.29 is 0 Å². The molecule has 1 aliphatic heterocycles. The molecule has 19 heavy (non-hydrogen) atoms. The first-order chi connectivity index (χ1) is 9.21. The minimum absolute atomic E-state index is 0.157. The van der Waals surface area contributed by atoms with Gasteiger partial charge < -0.3 is 0 Å². The van der Waals surface area contributed by atoms with Crippen LogP contribution in [0.15, 0.2) is 11.1 Å². The highest BCUT2D eigenvalue weighted by Crippen LogP contribution is 2.19. The second-order valence-corrected chi connectivity index (χ2v) is 3.58. The molecule has 0 radical (unpaired) electrons. The van der Waals surface area contributed by atoms with E-state index in [1.54, 1.807) is 12.2 Å². The van der Waals surface area contributed by atoms with Gasteiger partial charge in [-0.2, -0.15) is 34.5 Å². The van der Waals surface area contributed by atoms with Gasteiger partial charge in [0.25, 0.3) is 5.95 Å². The number of nitrogens with one attached hydrogen (secondary N) is 2. The maximum atomic E-state index is 7.55. The van der Waals surface area contributed by atoms with Crippen LogP contribution < -0.4 is 10.9 Å². The summed E-state index contributed by atoms with van der Waals surface area (Å²) in [5.41, 5.74) is -0.187. The normalized spacial score (nSPS) is 13.2. The molecule has 0 aromatic carbocycles. The second-order valence-electron chi connectivity index (χ2n) is 3.58. The number of nitrogens with zero attached hydrogens (tertiary/aromatic N) is 7. The van der Waals surface area contributed by atoms with Gasteiger partial charge in [-0.15, -0.1) is 0 Å². The van der Waals surface area contributed by atoms with Crippen LogP contribution in [-0.2, 0) is 0 Å². The molecular weight excluding hydrogens is 246 g/mol. The first kappa shape index (κ1) is 11.0. The smallest absolute Gasteiger partial charge is 0.265 e. The Labute approximate surface area is 106 Å². The third-order valence-electron chi connectivity index (χ3n) is 2.33. The van der Waals surface area contributed by atoms with Gasteiger partial charge in [-0.3, -0.25) is 5.41 Å². The molecule has 0 saturated heterocycles. The van der Waals surface area contributed by atoms with Gasteiger partial charge in [0.05, 0.1) is 0 Å². The highest BCUT2D eigenvalue weighted by molar-refractivity contribution is 6.02. The van der Waals surface area contributed by atoms with E-state index in [4.69, 9.17) is 12.0 Å². The summed E-state index contributed by atoms with van der Waals surface area (Å²) in [6, 6.07) is 0. The van der Waals surface area contributed by atoms with Crippen LogP contribution in [-0.4, -0.2) is 30.3 Å². The minimum atomic E-state index is -0.187. The lowest BCUT2D eigenvalue weighted by Crippen LogP contribution is -2.24. The molecular formula is C10H8N9+. The first-order valence-corrected chi connectivity index (χ1v) is 5.34. The molecule has 2 aromatic rings. The second kappa shape index (κ2) is 3.95. The van der Waals surface area contributed by atoms with Gasteiger partial charge in [-0.05, 0) is 18.0 Å². The molecule has 0 aliphatic carbocycles. The van der Waals surface area contributed by atoms with E-state index in [2.05, 4.69) is 35.1 Å². The quantitative estimate of drug-likeness (QED) is 0.766. The Morgan fingerprint density at radius 3 is 2.89 bits per heavy atom. The van der Waals surface area contributed by atoms with Crippen molar-refractivity contribution in [2.24, 2.45) is 4.99 Å². The number of aromatic nitrogens is 5. The van der Waals surface area contributed by atoms with Crippen LogP contribution in [0.1, 0.15) is 12.7 Å². The third-order valence-corrected chi connectivity index (χ3v) is 2.33. The highest BCUT2D eigenvalue weighted by Gasteiger charge is 2.25. The number of allylic oxidation sites excluding steroid dienone is 1. The Morgan fingerprint density at radius 1 is 1.32 bits per heavy atom. The number of guanidine groups is 1. The molecule has 9 heteroatoms. The van der Waals surface area contributed by atoms with Crippen LogP contribution in [0.25, 0.3) is 16.7 Å². The summed E-state index contributed by atoms with van der Waals surface area (Å²) < 4.78 is 1.49. The predicted octanol–water partition coefficient (Wildman–Crippen LogP) is 0.408. The molecule has 3 heterocycles. The largest absolute Gasteiger partial charge is 0.499 e. The maximum Gasteiger partial charge on any atom is 0.499 e. The molecule has 2 aromatic heterocycles. The topological polar surface area (TPSA) is 109 Å². The molecule has 9 nitrogen and oxygen atoms in total. The van der Waals surface area contributed by atoms with Crippen LogP contribution in [0.4, 0.5) is 11.9 Å². The summed E-state index contributed by atoms with van der Waals surface area (Å²) in [5, 5.41) is 10.4. The van der Waals surface area contributed by atoms with E-state index in [-0.39, 0.29) is 23.3 Å². The van der Waals surface area contributed by atoms with E-state index in [1.165, 1.54) is 4.40 Å². The first-order valence-electron chi connectivity index (χ1n) is 5.34. The molecule has 2 N–H and O–H groups in total. The van der Waals surface area contributed by atoms with Crippen molar-refractivity contribution >= 4 is 29.7 Å². The summed E-state index contributed by atoms with van der Waals surface area (Å²) in [4.78, 5) is 23.8. The maximum absolute atomic E-state index is 7.55. The fourth-order valence-corrected chi connectivity index (χ4v) is 1.62. The van der Waals surface area contributed by atoms with Gasteiger partial charge in [0.15, 0.2) is 5.82 Å². The van der Waals surface area contributed by atoms with E-state index >= 15 is 0 Å². The van der Waals surface area contributed by atoms with Crippen molar-refractivity contribution in [2.75, 3.05) is 5.32 Å².